The predicted molar refractivity (Wildman–Crippen MR) is 92.1 cm³/mol. The summed E-state index contributed by atoms with van der Waals surface area (Å²) in [5.41, 5.74) is 3.85. The molecule has 0 saturated carbocycles. The Morgan fingerprint density at radius 1 is 1.10 bits per heavy atom. The highest BCUT2D eigenvalue weighted by Crippen LogP contribution is 2.20. The molecule has 2 aromatic rings. The Hall–Kier alpha value is -1.31. The molecule has 1 unspecified atom stereocenters. The molecule has 112 valence electrons. The van der Waals surface area contributed by atoms with Crippen LogP contribution < -0.4 is 5.32 Å². The summed E-state index contributed by atoms with van der Waals surface area (Å²) < 4.78 is 0. The maximum absolute atomic E-state index is 6.36. The molecular formula is C19H24ClN. The zero-order chi connectivity index (χ0) is 15.1. The summed E-state index contributed by atoms with van der Waals surface area (Å²) in [6.45, 7) is 5.22. The van der Waals surface area contributed by atoms with Crippen molar-refractivity contribution in [1.82, 2.24) is 5.32 Å². The molecule has 0 aliphatic carbocycles. The lowest BCUT2D eigenvalue weighted by Gasteiger charge is -2.19. The summed E-state index contributed by atoms with van der Waals surface area (Å²) in [4.78, 5) is 0. The number of likely N-dealkylation sites (N-methyl/N-ethyl adjacent to an activating group) is 1. The van der Waals surface area contributed by atoms with E-state index >= 15 is 0 Å². The molecule has 0 aromatic heterocycles. The first kappa shape index (κ1) is 16.1. The molecule has 0 amide bonds. The van der Waals surface area contributed by atoms with Crippen LogP contribution in [0.25, 0.3) is 0 Å². The Balaban J connectivity index is 1.98. The molecule has 2 heteroatoms. The van der Waals surface area contributed by atoms with Crippen molar-refractivity contribution in [3.8, 4) is 0 Å². The van der Waals surface area contributed by atoms with Crippen molar-refractivity contribution >= 4 is 11.6 Å². The quantitative estimate of drug-likeness (QED) is 0.774. The van der Waals surface area contributed by atoms with Crippen molar-refractivity contribution in [2.45, 2.75) is 39.2 Å². The summed E-state index contributed by atoms with van der Waals surface area (Å²) in [5.74, 6) is 0. The third kappa shape index (κ3) is 5.18. The summed E-state index contributed by atoms with van der Waals surface area (Å²) >= 11 is 6.36. The van der Waals surface area contributed by atoms with E-state index in [4.69, 9.17) is 11.6 Å². The number of rotatable bonds is 7. The molecule has 2 rings (SSSR count). The number of benzene rings is 2. The Labute approximate surface area is 133 Å². The van der Waals surface area contributed by atoms with Gasteiger partial charge in [-0.1, -0.05) is 61.0 Å². The molecule has 0 spiro atoms. The monoisotopic (exact) mass is 301 g/mol. The summed E-state index contributed by atoms with van der Waals surface area (Å²) in [6.07, 6.45) is 3.21. The van der Waals surface area contributed by atoms with E-state index in [1.54, 1.807) is 0 Å². The van der Waals surface area contributed by atoms with Crippen molar-refractivity contribution in [3.63, 3.8) is 0 Å². The van der Waals surface area contributed by atoms with Crippen molar-refractivity contribution < 1.29 is 0 Å². The molecule has 0 radical (unpaired) electrons. The second-order valence-electron chi connectivity index (χ2n) is 5.58. The molecule has 0 aliphatic heterocycles. The summed E-state index contributed by atoms with van der Waals surface area (Å²) in [7, 11) is 0. The standard InChI is InChI=1S/C19H24ClN/c1-3-21-18(12-10-16-7-5-4-6-8-16)14-17-11-9-15(2)13-19(17)20/h4-9,11,13,18,21H,3,10,12,14H2,1-2H3. The number of halogens is 1. The number of nitrogens with one attached hydrogen (secondary N) is 1. The van der Waals surface area contributed by atoms with Gasteiger partial charge in [0, 0.05) is 11.1 Å². The SMILES string of the molecule is CCNC(CCc1ccccc1)Cc1ccc(C)cc1Cl. The molecule has 1 N–H and O–H groups in total. The van der Waals surface area contributed by atoms with Gasteiger partial charge >= 0.3 is 0 Å². The van der Waals surface area contributed by atoms with E-state index in [0.29, 0.717) is 6.04 Å². The first-order chi connectivity index (χ1) is 10.2. The number of hydrogen-bond acceptors (Lipinski definition) is 1. The van der Waals surface area contributed by atoms with Crippen molar-refractivity contribution in [3.05, 3.63) is 70.2 Å². The summed E-state index contributed by atoms with van der Waals surface area (Å²) in [5, 5.41) is 4.47. The molecule has 1 nitrogen and oxygen atoms in total. The Bertz CT molecular complexity index is 551. The van der Waals surface area contributed by atoms with Gasteiger partial charge in [0.2, 0.25) is 0 Å². The molecule has 0 bridgehead atoms. The maximum Gasteiger partial charge on any atom is 0.0441 e. The van der Waals surface area contributed by atoms with Crippen molar-refractivity contribution in [1.29, 1.82) is 0 Å². The van der Waals surface area contributed by atoms with Crippen LogP contribution in [-0.4, -0.2) is 12.6 Å². The Kier molecular flexibility index (Phi) is 6.28. The minimum absolute atomic E-state index is 0.468. The lowest BCUT2D eigenvalue weighted by molar-refractivity contribution is 0.491. The van der Waals surface area contributed by atoms with E-state index in [0.717, 1.165) is 30.8 Å². The third-order valence-electron chi connectivity index (χ3n) is 3.79. The van der Waals surface area contributed by atoms with E-state index in [9.17, 15) is 0 Å². The molecule has 0 aliphatic rings. The lowest BCUT2D eigenvalue weighted by atomic mass is 9.98. The van der Waals surface area contributed by atoms with Gasteiger partial charge in [0.05, 0.1) is 0 Å². The second-order valence-corrected chi connectivity index (χ2v) is 5.99. The molecular weight excluding hydrogens is 278 g/mol. The van der Waals surface area contributed by atoms with Gasteiger partial charge in [0.1, 0.15) is 0 Å². The van der Waals surface area contributed by atoms with Crippen LogP contribution in [0, 0.1) is 6.92 Å². The molecule has 0 heterocycles. The lowest BCUT2D eigenvalue weighted by Crippen LogP contribution is -2.31. The van der Waals surface area contributed by atoms with Crippen molar-refractivity contribution in [2.24, 2.45) is 0 Å². The summed E-state index contributed by atoms with van der Waals surface area (Å²) in [6, 6.07) is 17.5. The highest BCUT2D eigenvalue weighted by molar-refractivity contribution is 6.31. The number of aryl methyl sites for hydroxylation is 2. The zero-order valence-electron chi connectivity index (χ0n) is 12.9. The van der Waals surface area contributed by atoms with Gasteiger partial charge < -0.3 is 5.32 Å². The highest BCUT2D eigenvalue weighted by Gasteiger charge is 2.11. The molecule has 21 heavy (non-hydrogen) atoms. The second kappa shape index (κ2) is 8.21. The van der Waals surface area contributed by atoms with Crippen LogP contribution in [-0.2, 0) is 12.8 Å². The smallest absolute Gasteiger partial charge is 0.0441 e. The largest absolute Gasteiger partial charge is 0.314 e. The Morgan fingerprint density at radius 2 is 1.86 bits per heavy atom. The minimum Gasteiger partial charge on any atom is -0.314 e. The molecule has 1 atom stereocenters. The fourth-order valence-corrected chi connectivity index (χ4v) is 2.95. The van der Waals surface area contributed by atoms with Gasteiger partial charge in [-0.15, -0.1) is 0 Å². The zero-order valence-corrected chi connectivity index (χ0v) is 13.7. The van der Waals surface area contributed by atoms with Gasteiger partial charge in [-0.2, -0.15) is 0 Å². The van der Waals surface area contributed by atoms with E-state index in [1.165, 1.54) is 16.7 Å². The van der Waals surface area contributed by atoms with Gasteiger partial charge in [0.15, 0.2) is 0 Å². The molecule has 2 aromatic carbocycles. The normalized spacial score (nSPS) is 12.3. The van der Waals surface area contributed by atoms with Gasteiger partial charge in [-0.25, -0.2) is 0 Å². The first-order valence-corrected chi connectivity index (χ1v) is 8.09. The van der Waals surface area contributed by atoms with Crippen LogP contribution in [0.4, 0.5) is 0 Å². The average Bonchev–Trinajstić information content (AvgIpc) is 2.49. The van der Waals surface area contributed by atoms with Crippen LogP contribution in [0.2, 0.25) is 5.02 Å². The van der Waals surface area contributed by atoms with E-state index < -0.39 is 0 Å². The van der Waals surface area contributed by atoms with Gasteiger partial charge in [-0.3, -0.25) is 0 Å². The van der Waals surface area contributed by atoms with E-state index in [1.807, 2.05) is 0 Å². The van der Waals surface area contributed by atoms with Crippen molar-refractivity contribution in [2.75, 3.05) is 6.54 Å². The van der Waals surface area contributed by atoms with Crippen LogP contribution >= 0.6 is 11.6 Å². The average molecular weight is 302 g/mol. The topological polar surface area (TPSA) is 12.0 Å². The first-order valence-electron chi connectivity index (χ1n) is 7.71. The van der Waals surface area contributed by atoms with E-state index in [2.05, 4.69) is 67.7 Å². The van der Waals surface area contributed by atoms with Crippen LogP contribution in [0.1, 0.15) is 30.0 Å². The van der Waals surface area contributed by atoms with Gasteiger partial charge in [0.25, 0.3) is 0 Å². The van der Waals surface area contributed by atoms with Gasteiger partial charge in [-0.05, 0) is 55.5 Å². The van der Waals surface area contributed by atoms with Crippen LogP contribution in [0.3, 0.4) is 0 Å². The minimum atomic E-state index is 0.468. The number of hydrogen-bond donors (Lipinski definition) is 1. The fourth-order valence-electron chi connectivity index (χ4n) is 2.63. The molecule has 0 saturated heterocycles. The van der Waals surface area contributed by atoms with Crippen LogP contribution in [0.5, 0.6) is 0 Å². The highest BCUT2D eigenvalue weighted by atomic mass is 35.5. The van der Waals surface area contributed by atoms with Crippen LogP contribution in [0.15, 0.2) is 48.5 Å². The third-order valence-corrected chi connectivity index (χ3v) is 4.14. The Morgan fingerprint density at radius 3 is 2.52 bits per heavy atom. The predicted octanol–water partition coefficient (Wildman–Crippen LogP) is 4.80. The molecule has 0 fully saturated rings. The van der Waals surface area contributed by atoms with E-state index in [-0.39, 0.29) is 0 Å². The fraction of sp³-hybridized carbons (Fsp3) is 0.368. The maximum atomic E-state index is 6.36.